The van der Waals surface area contributed by atoms with Crippen molar-refractivity contribution in [2.75, 3.05) is 0 Å². The second-order valence-corrected chi connectivity index (χ2v) is 8.54. The van der Waals surface area contributed by atoms with Crippen molar-refractivity contribution in [3.63, 3.8) is 0 Å². The van der Waals surface area contributed by atoms with Crippen LogP contribution in [0.25, 0.3) is 0 Å². The Balaban J connectivity index is 1.75. The lowest BCUT2D eigenvalue weighted by Gasteiger charge is -2.66. The highest BCUT2D eigenvalue weighted by molar-refractivity contribution is 5.20. The minimum Gasteiger partial charge on any atom is -0.388 e. The summed E-state index contributed by atoms with van der Waals surface area (Å²) in [6.07, 6.45) is 11.5. The summed E-state index contributed by atoms with van der Waals surface area (Å²) in [5, 5.41) is 11.0. The van der Waals surface area contributed by atoms with E-state index in [2.05, 4.69) is 18.8 Å². The van der Waals surface area contributed by atoms with Crippen LogP contribution in [-0.4, -0.2) is 10.1 Å². The number of aliphatic hydroxyl groups is 1. The Kier molecular flexibility index (Phi) is 2.19. The molecule has 1 heterocycles. The topological polar surface area (TPSA) is 36.0 Å². The molecule has 4 aliphatic rings. The second kappa shape index (κ2) is 3.46. The van der Waals surface area contributed by atoms with Crippen LogP contribution in [0.2, 0.25) is 0 Å². The Hall–Kier alpha value is -0.760. The maximum atomic E-state index is 11.0. The summed E-state index contributed by atoms with van der Waals surface area (Å²) in [6, 6.07) is 2.05. The Morgan fingerprint density at radius 1 is 1.16 bits per heavy atom. The van der Waals surface area contributed by atoms with E-state index in [1.165, 1.54) is 38.5 Å². The minimum absolute atomic E-state index is 0.144. The van der Waals surface area contributed by atoms with Crippen LogP contribution in [-0.2, 0) is 0 Å². The molecule has 4 fully saturated rings. The Bertz CT molecular complexity index is 473. The third kappa shape index (κ3) is 1.65. The molecule has 0 spiro atoms. The highest BCUT2D eigenvalue weighted by Gasteiger charge is 2.62. The van der Waals surface area contributed by atoms with Gasteiger partial charge in [0.15, 0.2) is 0 Å². The Labute approximate surface area is 115 Å². The van der Waals surface area contributed by atoms with Gasteiger partial charge in [-0.15, -0.1) is 0 Å². The molecule has 4 saturated carbocycles. The standard InChI is InChI=1S/C17H25NO/c1-15-5-12-6-16(2,9-15)11-17(7-12,10-15)14(19)13-3-4-18-8-13/h3-4,8,12,14,18-19H,5-7,9-11H2,1-2H3. The van der Waals surface area contributed by atoms with E-state index >= 15 is 0 Å². The predicted octanol–water partition coefficient (Wildman–Crippen LogP) is 4.04. The Morgan fingerprint density at radius 2 is 1.84 bits per heavy atom. The van der Waals surface area contributed by atoms with E-state index < -0.39 is 0 Å². The number of rotatable bonds is 2. The molecule has 3 atom stereocenters. The number of nitrogens with one attached hydrogen (secondary N) is 1. The molecule has 0 aromatic carbocycles. The van der Waals surface area contributed by atoms with Gasteiger partial charge in [0.25, 0.3) is 0 Å². The van der Waals surface area contributed by atoms with Crippen LogP contribution in [0.4, 0.5) is 0 Å². The molecular weight excluding hydrogens is 234 g/mol. The van der Waals surface area contributed by atoms with Crippen LogP contribution < -0.4 is 0 Å². The van der Waals surface area contributed by atoms with E-state index in [9.17, 15) is 5.11 Å². The van der Waals surface area contributed by atoms with Crippen molar-refractivity contribution in [1.29, 1.82) is 0 Å². The SMILES string of the molecule is CC12CC3CC(C)(C1)CC(C(O)c1cc[nH]c1)(C3)C2. The van der Waals surface area contributed by atoms with E-state index in [0.29, 0.717) is 10.8 Å². The van der Waals surface area contributed by atoms with Crippen molar-refractivity contribution in [3.05, 3.63) is 24.0 Å². The third-order valence-corrected chi connectivity index (χ3v) is 6.19. The Morgan fingerprint density at radius 3 is 2.37 bits per heavy atom. The summed E-state index contributed by atoms with van der Waals surface area (Å²) in [5.74, 6) is 0.847. The lowest BCUT2D eigenvalue weighted by atomic mass is 9.39. The van der Waals surface area contributed by atoms with Crippen molar-refractivity contribution in [1.82, 2.24) is 4.98 Å². The molecule has 2 heteroatoms. The maximum absolute atomic E-state index is 11.0. The van der Waals surface area contributed by atoms with Crippen LogP contribution in [0, 0.1) is 22.2 Å². The molecule has 3 unspecified atom stereocenters. The fraction of sp³-hybridized carbons (Fsp3) is 0.765. The third-order valence-electron chi connectivity index (χ3n) is 6.19. The van der Waals surface area contributed by atoms with Crippen LogP contribution >= 0.6 is 0 Å². The predicted molar refractivity (Wildman–Crippen MR) is 75.6 cm³/mol. The van der Waals surface area contributed by atoms with E-state index in [4.69, 9.17) is 0 Å². The fourth-order valence-corrected chi connectivity index (χ4v) is 6.70. The van der Waals surface area contributed by atoms with Crippen LogP contribution in [0.15, 0.2) is 18.5 Å². The molecule has 5 rings (SSSR count). The number of hydrogen-bond acceptors (Lipinski definition) is 1. The molecule has 1 aromatic heterocycles. The van der Waals surface area contributed by atoms with E-state index in [0.717, 1.165) is 11.5 Å². The molecule has 0 amide bonds. The summed E-state index contributed by atoms with van der Waals surface area (Å²) in [7, 11) is 0. The minimum atomic E-state index is -0.277. The highest BCUT2D eigenvalue weighted by atomic mass is 16.3. The maximum Gasteiger partial charge on any atom is 0.0861 e. The van der Waals surface area contributed by atoms with Crippen molar-refractivity contribution >= 4 is 0 Å². The summed E-state index contributed by atoms with van der Waals surface area (Å²) in [6.45, 7) is 4.93. The average molecular weight is 259 g/mol. The summed E-state index contributed by atoms with van der Waals surface area (Å²) < 4.78 is 0. The first kappa shape index (κ1) is 12.0. The largest absolute Gasteiger partial charge is 0.388 e. The van der Waals surface area contributed by atoms with Gasteiger partial charge in [0.1, 0.15) is 0 Å². The zero-order valence-corrected chi connectivity index (χ0v) is 12.1. The molecule has 1 aromatic rings. The number of aliphatic hydroxyl groups excluding tert-OH is 1. The number of H-pyrrole nitrogens is 1. The van der Waals surface area contributed by atoms with Gasteiger partial charge in [-0.25, -0.2) is 0 Å². The van der Waals surface area contributed by atoms with Crippen LogP contribution in [0.3, 0.4) is 0 Å². The molecule has 2 nitrogen and oxygen atoms in total. The lowest BCUT2D eigenvalue weighted by molar-refractivity contribution is -0.187. The fourth-order valence-electron chi connectivity index (χ4n) is 6.70. The van der Waals surface area contributed by atoms with Crippen LogP contribution in [0.5, 0.6) is 0 Å². The van der Waals surface area contributed by atoms with Gasteiger partial charge < -0.3 is 10.1 Å². The van der Waals surface area contributed by atoms with Gasteiger partial charge in [0, 0.05) is 17.8 Å². The van der Waals surface area contributed by atoms with Gasteiger partial charge in [-0.2, -0.15) is 0 Å². The first-order chi connectivity index (χ1) is 8.92. The van der Waals surface area contributed by atoms with Gasteiger partial charge in [-0.3, -0.25) is 0 Å². The molecular formula is C17H25NO. The average Bonchev–Trinajstić information content (AvgIpc) is 2.75. The summed E-state index contributed by atoms with van der Waals surface area (Å²) in [5.41, 5.74) is 2.19. The lowest BCUT2D eigenvalue weighted by Crippen LogP contribution is -2.56. The monoisotopic (exact) mass is 259 g/mol. The van der Waals surface area contributed by atoms with E-state index in [-0.39, 0.29) is 11.5 Å². The number of aromatic nitrogens is 1. The van der Waals surface area contributed by atoms with Crippen LogP contribution in [0.1, 0.15) is 64.0 Å². The number of hydrogen-bond donors (Lipinski definition) is 2. The van der Waals surface area contributed by atoms with Gasteiger partial charge in [-0.1, -0.05) is 13.8 Å². The van der Waals surface area contributed by atoms with Crippen molar-refractivity contribution in [3.8, 4) is 0 Å². The zero-order chi connectivity index (χ0) is 13.3. The van der Waals surface area contributed by atoms with Gasteiger partial charge in [0.2, 0.25) is 0 Å². The molecule has 4 aliphatic carbocycles. The van der Waals surface area contributed by atoms with Gasteiger partial charge in [0.05, 0.1) is 6.10 Å². The molecule has 19 heavy (non-hydrogen) atoms. The van der Waals surface area contributed by atoms with Crippen molar-refractivity contribution in [2.45, 2.75) is 58.5 Å². The summed E-state index contributed by atoms with van der Waals surface area (Å²) >= 11 is 0. The molecule has 2 N–H and O–H groups in total. The smallest absolute Gasteiger partial charge is 0.0861 e. The number of aromatic amines is 1. The normalized spacial score (nSPS) is 49.5. The quantitative estimate of drug-likeness (QED) is 0.826. The molecule has 4 bridgehead atoms. The van der Waals surface area contributed by atoms with Gasteiger partial charge in [-0.05, 0) is 66.9 Å². The van der Waals surface area contributed by atoms with Gasteiger partial charge >= 0.3 is 0 Å². The van der Waals surface area contributed by atoms with E-state index in [1.54, 1.807) is 0 Å². The first-order valence-electron chi connectivity index (χ1n) is 7.73. The molecule has 104 valence electrons. The molecule has 0 saturated heterocycles. The highest BCUT2D eigenvalue weighted by Crippen LogP contribution is 2.72. The van der Waals surface area contributed by atoms with Crippen molar-refractivity contribution in [2.24, 2.45) is 22.2 Å². The zero-order valence-electron chi connectivity index (χ0n) is 12.1. The van der Waals surface area contributed by atoms with E-state index in [1.807, 2.05) is 18.5 Å². The van der Waals surface area contributed by atoms with Crippen molar-refractivity contribution < 1.29 is 5.11 Å². The molecule has 0 radical (unpaired) electrons. The molecule has 0 aliphatic heterocycles. The summed E-state index contributed by atoms with van der Waals surface area (Å²) in [4.78, 5) is 3.10. The first-order valence-corrected chi connectivity index (χ1v) is 7.73. The second-order valence-electron chi connectivity index (χ2n) is 8.54.